The van der Waals surface area contributed by atoms with Gasteiger partial charge in [0, 0.05) is 6.54 Å². The van der Waals surface area contributed by atoms with E-state index in [0.717, 1.165) is 23.5 Å². The molecule has 0 unspecified atom stereocenters. The number of hydrogen-bond acceptors (Lipinski definition) is 4. The average Bonchev–Trinajstić information content (AvgIpc) is 2.41. The lowest BCUT2D eigenvalue weighted by atomic mass is 10.1. The highest BCUT2D eigenvalue weighted by molar-refractivity contribution is 7.89. The Labute approximate surface area is 127 Å². The smallest absolute Gasteiger partial charge is 0.225 e. The van der Waals surface area contributed by atoms with Gasteiger partial charge in [0.2, 0.25) is 15.3 Å². The maximum Gasteiger partial charge on any atom is 0.243 e. The molecule has 0 aliphatic rings. The molecule has 0 aliphatic heterocycles. The molecule has 2 aromatic rings. The summed E-state index contributed by atoms with van der Waals surface area (Å²) in [6, 6.07) is 4.41. The second-order valence-electron chi connectivity index (χ2n) is 4.41. The number of aryl methyl sites for hydroxylation is 1. The van der Waals surface area contributed by atoms with E-state index in [1.54, 1.807) is 13.0 Å². The topological polar surface area (TPSA) is 72.0 Å². The Balaban J connectivity index is 2.00. The van der Waals surface area contributed by atoms with Gasteiger partial charge in [-0.3, -0.25) is 0 Å². The molecule has 8 heteroatoms. The van der Waals surface area contributed by atoms with E-state index in [2.05, 4.69) is 14.7 Å². The van der Waals surface area contributed by atoms with Gasteiger partial charge in [-0.25, -0.2) is 27.5 Å². The van der Waals surface area contributed by atoms with Crippen molar-refractivity contribution in [2.24, 2.45) is 0 Å². The molecule has 2 rings (SSSR count). The Morgan fingerprint density at radius 3 is 2.57 bits per heavy atom. The van der Waals surface area contributed by atoms with E-state index in [-0.39, 0.29) is 22.5 Å². The van der Waals surface area contributed by atoms with Gasteiger partial charge >= 0.3 is 0 Å². The average molecular weight is 330 g/mol. The van der Waals surface area contributed by atoms with Crippen LogP contribution in [-0.4, -0.2) is 24.9 Å². The Kier molecular flexibility index (Phi) is 4.87. The quantitative estimate of drug-likeness (QED) is 0.853. The first-order valence-corrected chi connectivity index (χ1v) is 7.97. The van der Waals surface area contributed by atoms with Crippen molar-refractivity contribution >= 4 is 21.6 Å². The van der Waals surface area contributed by atoms with Crippen LogP contribution in [-0.2, 0) is 16.4 Å². The third kappa shape index (κ3) is 4.20. The molecular formula is C13H13ClFN3O2S. The number of nitrogens with zero attached hydrogens (tertiary/aromatic N) is 2. The van der Waals surface area contributed by atoms with Gasteiger partial charge in [-0.15, -0.1) is 0 Å². The highest BCUT2D eigenvalue weighted by Gasteiger charge is 2.14. The molecule has 0 spiro atoms. The van der Waals surface area contributed by atoms with Gasteiger partial charge in [-0.05, 0) is 48.2 Å². The fraction of sp³-hybridized carbons (Fsp3) is 0.231. The molecule has 0 atom stereocenters. The van der Waals surface area contributed by atoms with Crippen LogP contribution in [0.2, 0.25) is 5.28 Å². The molecule has 0 amide bonds. The molecule has 0 saturated heterocycles. The summed E-state index contributed by atoms with van der Waals surface area (Å²) in [5.74, 6) is -0.310. The summed E-state index contributed by atoms with van der Waals surface area (Å²) in [5, 5.41) is -0.0177. The minimum atomic E-state index is -3.68. The summed E-state index contributed by atoms with van der Waals surface area (Å²) in [7, 11) is -3.68. The van der Waals surface area contributed by atoms with E-state index in [4.69, 9.17) is 11.6 Å². The standard InChI is InChI=1S/C13H13ClFN3O2S/c1-9-6-11(15)3-2-10(9)4-5-18-21(19,20)12-7-16-13(14)17-8-12/h2-3,6-8,18H,4-5H2,1H3. The van der Waals surface area contributed by atoms with Crippen molar-refractivity contribution in [3.63, 3.8) is 0 Å². The molecule has 0 radical (unpaired) electrons. The van der Waals surface area contributed by atoms with E-state index < -0.39 is 10.0 Å². The first-order chi connectivity index (χ1) is 9.88. The van der Waals surface area contributed by atoms with Crippen LogP contribution < -0.4 is 4.72 Å². The van der Waals surface area contributed by atoms with Crippen LogP contribution in [0.25, 0.3) is 0 Å². The molecule has 0 bridgehead atoms. The number of rotatable bonds is 5. The summed E-state index contributed by atoms with van der Waals surface area (Å²) in [6.07, 6.45) is 2.74. The third-order valence-corrected chi connectivity index (χ3v) is 4.51. The Hall–Kier alpha value is -1.57. The van der Waals surface area contributed by atoms with E-state index in [9.17, 15) is 12.8 Å². The van der Waals surface area contributed by atoms with Crippen molar-refractivity contribution in [1.82, 2.24) is 14.7 Å². The summed E-state index contributed by atoms with van der Waals surface area (Å²) in [4.78, 5) is 7.20. The molecule has 1 aromatic heterocycles. The lowest BCUT2D eigenvalue weighted by Gasteiger charge is -2.08. The van der Waals surface area contributed by atoms with Crippen LogP contribution in [0.4, 0.5) is 4.39 Å². The van der Waals surface area contributed by atoms with Crippen LogP contribution in [0, 0.1) is 12.7 Å². The molecule has 1 heterocycles. The lowest BCUT2D eigenvalue weighted by Crippen LogP contribution is -2.26. The van der Waals surface area contributed by atoms with E-state index in [0.29, 0.717) is 6.42 Å². The van der Waals surface area contributed by atoms with Gasteiger partial charge in [0.15, 0.2) is 0 Å². The van der Waals surface area contributed by atoms with Gasteiger partial charge < -0.3 is 0 Å². The Bertz CT molecular complexity index is 736. The van der Waals surface area contributed by atoms with Gasteiger partial charge in [0.1, 0.15) is 10.7 Å². The number of hydrogen-bond donors (Lipinski definition) is 1. The van der Waals surface area contributed by atoms with Crippen molar-refractivity contribution in [2.75, 3.05) is 6.54 Å². The zero-order valence-corrected chi connectivity index (χ0v) is 12.7. The molecule has 0 aliphatic carbocycles. The largest absolute Gasteiger partial charge is 0.243 e. The van der Waals surface area contributed by atoms with E-state index >= 15 is 0 Å². The molecular weight excluding hydrogens is 317 g/mol. The fourth-order valence-electron chi connectivity index (χ4n) is 1.78. The zero-order chi connectivity index (χ0) is 15.5. The zero-order valence-electron chi connectivity index (χ0n) is 11.2. The molecule has 21 heavy (non-hydrogen) atoms. The predicted molar refractivity (Wildman–Crippen MR) is 77.1 cm³/mol. The SMILES string of the molecule is Cc1cc(F)ccc1CCNS(=O)(=O)c1cnc(Cl)nc1. The van der Waals surface area contributed by atoms with Crippen LogP contribution in [0.3, 0.4) is 0 Å². The molecule has 112 valence electrons. The van der Waals surface area contributed by atoms with Gasteiger partial charge in [0.05, 0.1) is 12.4 Å². The van der Waals surface area contributed by atoms with Crippen molar-refractivity contribution in [3.8, 4) is 0 Å². The third-order valence-electron chi connectivity index (χ3n) is 2.90. The Morgan fingerprint density at radius 2 is 1.95 bits per heavy atom. The minimum absolute atomic E-state index is 0.0177. The number of sulfonamides is 1. The van der Waals surface area contributed by atoms with Crippen LogP contribution in [0.15, 0.2) is 35.5 Å². The van der Waals surface area contributed by atoms with Crippen LogP contribution in [0.1, 0.15) is 11.1 Å². The maximum atomic E-state index is 13.0. The second kappa shape index (κ2) is 6.46. The number of nitrogens with one attached hydrogen (secondary N) is 1. The first kappa shape index (κ1) is 15.8. The minimum Gasteiger partial charge on any atom is -0.225 e. The molecule has 0 fully saturated rings. The van der Waals surface area contributed by atoms with Crippen molar-refractivity contribution in [2.45, 2.75) is 18.2 Å². The monoisotopic (exact) mass is 329 g/mol. The summed E-state index contributed by atoms with van der Waals surface area (Å²) in [6.45, 7) is 1.97. The normalized spacial score (nSPS) is 11.6. The highest BCUT2D eigenvalue weighted by Crippen LogP contribution is 2.11. The van der Waals surface area contributed by atoms with Gasteiger partial charge in [-0.1, -0.05) is 6.07 Å². The van der Waals surface area contributed by atoms with Crippen LogP contribution >= 0.6 is 11.6 Å². The van der Waals surface area contributed by atoms with Crippen molar-refractivity contribution in [1.29, 1.82) is 0 Å². The van der Waals surface area contributed by atoms with E-state index in [1.807, 2.05) is 0 Å². The summed E-state index contributed by atoms with van der Waals surface area (Å²) >= 11 is 5.51. The summed E-state index contributed by atoms with van der Waals surface area (Å²) in [5.41, 5.74) is 1.66. The second-order valence-corrected chi connectivity index (χ2v) is 6.51. The first-order valence-electron chi connectivity index (χ1n) is 6.11. The Morgan fingerprint density at radius 1 is 1.29 bits per heavy atom. The van der Waals surface area contributed by atoms with Crippen LogP contribution in [0.5, 0.6) is 0 Å². The molecule has 5 nitrogen and oxygen atoms in total. The molecule has 0 saturated carbocycles. The lowest BCUT2D eigenvalue weighted by molar-refractivity contribution is 0.580. The predicted octanol–water partition coefficient (Wildman–Crippen LogP) is 2.10. The number of benzene rings is 1. The number of aromatic nitrogens is 2. The van der Waals surface area contributed by atoms with Crippen molar-refractivity contribution in [3.05, 3.63) is 52.8 Å². The molecule has 1 N–H and O–H groups in total. The molecule has 1 aromatic carbocycles. The number of halogens is 2. The van der Waals surface area contributed by atoms with E-state index in [1.165, 1.54) is 12.1 Å². The van der Waals surface area contributed by atoms with Crippen molar-refractivity contribution < 1.29 is 12.8 Å². The van der Waals surface area contributed by atoms with Gasteiger partial charge in [0.25, 0.3) is 0 Å². The fourth-order valence-corrected chi connectivity index (χ4v) is 2.80. The summed E-state index contributed by atoms with van der Waals surface area (Å²) < 4.78 is 39.4. The highest BCUT2D eigenvalue weighted by atomic mass is 35.5. The maximum absolute atomic E-state index is 13.0. The van der Waals surface area contributed by atoms with Gasteiger partial charge in [-0.2, -0.15) is 0 Å².